The van der Waals surface area contributed by atoms with Gasteiger partial charge in [0.15, 0.2) is 0 Å². The highest BCUT2D eigenvalue weighted by atomic mass is 31.2. The number of phosphoric ester groups is 1. The maximum absolute atomic E-state index is 12.4. The second-order valence-corrected chi connectivity index (χ2v) is 7.77. The molecule has 4 aromatic rings. The van der Waals surface area contributed by atoms with E-state index in [9.17, 15) is 19.0 Å². The van der Waals surface area contributed by atoms with Crippen molar-refractivity contribution in [1.29, 1.82) is 0 Å². The van der Waals surface area contributed by atoms with Crippen LogP contribution in [0.15, 0.2) is 67.0 Å². The van der Waals surface area contributed by atoms with Crippen molar-refractivity contribution in [2.24, 2.45) is 0 Å². The first kappa shape index (κ1) is 19.0. The van der Waals surface area contributed by atoms with Crippen LogP contribution in [0.4, 0.5) is 0 Å². The van der Waals surface area contributed by atoms with Crippen LogP contribution in [0.2, 0.25) is 0 Å². The SMILES string of the molecule is Cc1cc(=O)oc2cc(OP(=O)(O)Oc3ccc4c(C)cc(=O)oc4c3)ccc12. The molecular weight excluding hydrogens is 399 g/mol. The molecule has 0 spiro atoms. The van der Waals surface area contributed by atoms with Crippen LogP contribution in [-0.2, 0) is 4.57 Å². The summed E-state index contributed by atoms with van der Waals surface area (Å²) in [6.07, 6.45) is 0. The zero-order chi connectivity index (χ0) is 20.8. The van der Waals surface area contributed by atoms with E-state index in [2.05, 4.69) is 0 Å². The van der Waals surface area contributed by atoms with Gasteiger partial charge in [-0.15, -0.1) is 0 Å². The molecule has 0 saturated carbocycles. The molecule has 0 bridgehead atoms. The van der Waals surface area contributed by atoms with E-state index < -0.39 is 19.1 Å². The lowest BCUT2D eigenvalue weighted by atomic mass is 10.1. The molecule has 2 heterocycles. The summed E-state index contributed by atoms with van der Waals surface area (Å²) in [6.45, 7) is 3.50. The minimum Gasteiger partial charge on any atom is -0.423 e. The van der Waals surface area contributed by atoms with Crippen molar-refractivity contribution in [1.82, 2.24) is 0 Å². The first-order chi connectivity index (χ1) is 13.7. The Bertz CT molecular complexity index is 1310. The van der Waals surface area contributed by atoms with E-state index in [1.165, 1.54) is 36.4 Å². The number of fused-ring (bicyclic) bond motifs is 2. The van der Waals surface area contributed by atoms with Crippen molar-refractivity contribution in [2.75, 3.05) is 0 Å². The molecule has 1 N–H and O–H groups in total. The van der Waals surface area contributed by atoms with Crippen LogP contribution in [0.1, 0.15) is 11.1 Å². The average molecular weight is 414 g/mol. The predicted octanol–water partition coefficient (Wildman–Crippen LogP) is 4.07. The van der Waals surface area contributed by atoms with Gasteiger partial charge in [0.05, 0.1) is 0 Å². The highest BCUT2D eigenvalue weighted by Gasteiger charge is 2.26. The lowest BCUT2D eigenvalue weighted by Gasteiger charge is -2.14. The molecule has 0 unspecified atom stereocenters. The molecule has 0 atom stereocenters. The maximum atomic E-state index is 12.4. The van der Waals surface area contributed by atoms with Gasteiger partial charge in [-0.2, -0.15) is 0 Å². The second kappa shape index (κ2) is 6.92. The molecule has 148 valence electrons. The third-order valence-electron chi connectivity index (χ3n) is 4.29. The van der Waals surface area contributed by atoms with Crippen LogP contribution in [0.3, 0.4) is 0 Å². The number of hydrogen-bond donors (Lipinski definition) is 1. The largest absolute Gasteiger partial charge is 0.584 e. The van der Waals surface area contributed by atoms with Gasteiger partial charge in [0.25, 0.3) is 0 Å². The first-order valence-electron chi connectivity index (χ1n) is 8.51. The molecule has 2 aromatic heterocycles. The summed E-state index contributed by atoms with van der Waals surface area (Å²) in [5.41, 5.74) is 0.774. The molecule has 0 amide bonds. The number of rotatable bonds is 4. The van der Waals surface area contributed by atoms with Gasteiger partial charge in [-0.05, 0) is 49.2 Å². The molecule has 8 nitrogen and oxygen atoms in total. The van der Waals surface area contributed by atoms with E-state index in [1.54, 1.807) is 26.0 Å². The topological polar surface area (TPSA) is 116 Å². The number of aryl methyl sites for hydroxylation is 2. The van der Waals surface area contributed by atoms with Crippen LogP contribution >= 0.6 is 7.82 Å². The summed E-state index contributed by atoms with van der Waals surface area (Å²) >= 11 is 0. The van der Waals surface area contributed by atoms with E-state index in [4.69, 9.17) is 17.9 Å². The average Bonchev–Trinajstić information content (AvgIpc) is 2.59. The zero-order valence-corrected chi connectivity index (χ0v) is 16.3. The maximum Gasteiger partial charge on any atom is 0.584 e. The third-order valence-corrected chi connectivity index (χ3v) is 5.17. The minimum atomic E-state index is -4.58. The standard InChI is InChI=1S/C20H15O8P/c1-11-7-19(21)25-17-9-13(3-5-15(11)17)27-29(23,24)28-14-4-6-16-12(2)8-20(22)26-18(16)10-14/h3-10H,1-2H3,(H,23,24). The van der Waals surface area contributed by atoms with Crippen LogP contribution in [-0.4, -0.2) is 4.89 Å². The summed E-state index contributed by atoms with van der Waals surface area (Å²) in [6, 6.07) is 11.5. The van der Waals surface area contributed by atoms with Gasteiger partial charge in [0.1, 0.15) is 22.7 Å². The van der Waals surface area contributed by atoms with E-state index in [-0.39, 0.29) is 22.7 Å². The van der Waals surface area contributed by atoms with E-state index in [1.807, 2.05) is 0 Å². The summed E-state index contributed by atoms with van der Waals surface area (Å²) in [5.74, 6) is -0.0273. The highest BCUT2D eigenvalue weighted by molar-refractivity contribution is 7.48. The Labute approximate surface area is 163 Å². The summed E-state index contributed by atoms with van der Waals surface area (Å²) in [5, 5.41) is 1.34. The monoisotopic (exact) mass is 414 g/mol. The minimum absolute atomic E-state index is 0.0137. The fraction of sp³-hybridized carbons (Fsp3) is 0.100. The molecule has 0 aliphatic heterocycles. The number of hydrogen-bond acceptors (Lipinski definition) is 7. The Kier molecular flexibility index (Phi) is 4.53. The molecule has 9 heteroatoms. The quantitative estimate of drug-likeness (QED) is 0.392. The molecule has 2 aromatic carbocycles. The van der Waals surface area contributed by atoms with Crippen LogP contribution in [0.25, 0.3) is 21.9 Å². The second-order valence-electron chi connectivity index (χ2n) is 6.46. The van der Waals surface area contributed by atoms with Crippen molar-refractivity contribution >= 4 is 29.8 Å². The summed E-state index contributed by atoms with van der Waals surface area (Å²) < 4.78 is 32.8. The van der Waals surface area contributed by atoms with Gasteiger partial charge in [0.2, 0.25) is 0 Å². The molecule has 0 saturated heterocycles. The third kappa shape index (κ3) is 3.94. The Morgan fingerprint density at radius 3 is 1.59 bits per heavy atom. The number of benzene rings is 2. The fourth-order valence-electron chi connectivity index (χ4n) is 3.01. The highest BCUT2D eigenvalue weighted by Crippen LogP contribution is 2.45. The molecule has 4 rings (SSSR count). The molecule has 0 aliphatic carbocycles. The Morgan fingerprint density at radius 1 is 0.759 bits per heavy atom. The Balaban J connectivity index is 1.63. The van der Waals surface area contributed by atoms with Crippen molar-refractivity contribution in [3.63, 3.8) is 0 Å². The Morgan fingerprint density at radius 2 is 1.17 bits per heavy atom. The zero-order valence-electron chi connectivity index (χ0n) is 15.4. The first-order valence-corrected chi connectivity index (χ1v) is 10.0. The summed E-state index contributed by atoms with van der Waals surface area (Å²) in [4.78, 5) is 33.2. The van der Waals surface area contributed by atoms with Crippen molar-refractivity contribution < 1.29 is 27.3 Å². The lowest BCUT2D eigenvalue weighted by Crippen LogP contribution is -2.02. The smallest absolute Gasteiger partial charge is 0.423 e. The normalized spacial score (nSPS) is 11.7. The fourth-order valence-corrected chi connectivity index (χ4v) is 3.81. The van der Waals surface area contributed by atoms with Crippen LogP contribution in [0.5, 0.6) is 11.5 Å². The predicted molar refractivity (Wildman–Crippen MR) is 106 cm³/mol. The van der Waals surface area contributed by atoms with Gasteiger partial charge in [-0.25, -0.2) is 14.2 Å². The van der Waals surface area contributed by atoms with E-state index in [0.29, 0.717) is 21.9 Å². The lowest BCUT2D eigenvalue weighted by molar-refractivity contribution is 0.291. The molecule has 0 fully saturated rings. The van der Waals surface area contributed by atoms with E-state index in [0.717, 1.165) is 0 Å². The van der Waals surface area contributed by atoms with Crippen LogP contribution < -0.4 is 20.3 Å². The van der Waals surface area contributed by atoms with Crippen LogP contribution in [0, 0.1) is 13.8 Å². The van der Waals surface area contributed by atoms with E-state index >= 15 is 0 Å². The summed E-state index contributed by atoms with van der Waals surface area (Å²) in [7, 11) is -4.58. The molecule has 0 radical (unpaired) electrons. The van der Waals surface area contributed by atoms with Gasteiger partial charge in [-0.1, -0.05) is 0 Å². The van der Waals surface area contributed by atoms with Gasteiger partial charge in [0, 0.05) is 35.0 Å². The van der Waals surface area contributed by atoms with Crippen molar-refractivity contribution in [2.45, 2.75) is 13.8 Å². The van der Waals surface area contributed by atoms with Crippen molar-refractivity contribution in [3.05, 3.63) is 80.5 Å². The van der Waals surface area contributed by atoms with Gasteiger partial charge >= 0.3 is 19.1 Å². The molecule has 29 heavy (non-hydrogen) atoms. The molecular formula is C20H15O8P. The molecule has 0 aliphatic rings. The van der Waals surface area contributed by atoms with Gasteiger partial charge < -0.3 is 17.9 Å². The van der Waals surface area contributed by atoms with Gasteiger partial charge in [-0.3, -0.25) is 4.89 Å². The number of phosphoric acid groups is 1. The van der Waals surface area contributed by atoms with Crippen molar-refractivity contribution in [3.8, 4) is 11.5 Å². The Hall–Kier alpha value is -3.35.